The first-order valence-electron chi connectivity index (χ1n) is 9.24. The first kappa shape index (κ1) is 18.8. The van der Waals surface area contributed by atoms with Gasteiger partial charge < -0.3 is 14.8 Å². The molecule has 0 bridgehead atoms. The minimum absolute atomic E-state index is 0.0697. The van der Waals surface area contributed by atoms with Crippen LogP contribution < -0.4 is 10.1 Å². The van der Waals surface area contributed by atoms with Gasteiger partial charge >= 0.3 is 6.18 Å². The highest BCUT2D eigenvalue weighted by Gasteiger charge is 2.35. The summed E-state index contributed by atoms with van der Waals surface area (Å²) >= 11 is 0. The second kappa shape index (κ2) is 7.47. The van der Waals surface area contributed by atoms with E-state index in [9.17, 15) is 18.0 Å². The lowest BCUT2D eigenvalue weighted by Crippen LogP contribution is -2.38. The van der Waals surface area contributed by atoms with Crippen LogP contribution in [0, 0.1) is 5.92 Å². The number of ether oxygens (including phenoxy) is 2. The van der Waals surface area contributed by atoms with Crippen molar-refractivity contribution in [2.45, 2.75) is 25.1 Å². The summed E-state index contributed by atoms with van der Waals surface area (Å²) in [4.78, 5) is 12.1. The van der Waals surface area contributed by atoms with Crippen LogP contribution in [-0.4, -0.2) is 31.8 Å². The van der Waals surface area contributed by atoms with Gasteiger partial charge in [0.2, 0.25) is 5.91 Å². The number of para-hydroxylation sites is 1. The molecule has 1 N–H and O–H groups in total. The normalized spacial score (nSPS) is 21.2. The minimum atomic E-state index is -4.45. The Morgan fingerprint density at radius 2 is 1.89 bits per heavy atom. The maximum atomic E-state index is 13.4. The van der Waals surface area contributed by atoms with Crippen molar-refractivity contribution in [3.05, 3.63) is 53.6 Å². The van der Waals surface area contributed by atoms with Crippen LogP contribution in [-0.2, 0) is 22.1 Å². The van der Waals surface area contributed by atoms with Crippen molar-refractivity contribution < 1.29 is 27.4 Å². The number of amides is 1. The molecule has 0 saturated carbocycles. The molecule has 2 aromatic carbocycles. The number of halogens is 3. The summed E-state index contributed by atoms with van der Waals surface area (Å²) in [5, 5.41) is 2.87. The maximum Gasteiger partial charge on any atom is 0.417 e. The number of nitrogens with one attached hydrogen (secondary N) is 1. The molecule has 2 aliphatic rings. The Hall–Kier alpha value is -2.54. The molecule has 148 valence electrons. The first-order chi connectivity index (χ1) is 13.4. The molecule has 2 atom stereocenters. The van der Waals surface area contributed by atoms with Crippen LogP contribution in [0.3, 0.4) is 0 Å². The monoisotopic (exact) mass is 391 g/mol. The van der Waals surface area contributed by atoms with Gasteiger partial charge in [-0.3, -0.25) is 4.79 Å². The molecule has 0 aromatic heterocycles. The molecule has 2 heterocycles. The topological polar surface area (TPSA) is 47.6 Å². The van der Waals surface area contributed by atoms with Crippen molar-refractivity contribution in [2.75, 3.05) is 19.8 Å². The smallest absolute Gasteiger partial charge is 0.417 e. The highest BCUT2D eigenvalue weighted by Crippen LogP contribution is 2.43. The van der Waals surface area contributed by atoms with Crippen molar-refractivity contribution in [1.29, 1.82) is 0 Å². The largest absolute Gasteiger partial charge is 0.487 e. The third-order valence-electron chi connectivity index (χ3n) is 5.16. The van der Waals surface area contributed by atoms with Crippen molar-refractivity contribution in [2.24, 2.45) is 5.92 Å². The molecule has 2 aliphatic heterocycles. The predicted molar refractivity (Wildman–Crippen MR) is 96.9 cm³/mol. The molecule has 1 amide bonds. The van der Waals surface area contributed by atoms with Crippen molar-refractivity contribution in [1.82, 2.24) is 5.32 Å². The minimum Gasteiger partial charge on any atom is -0.487 e. The molecule has 1 fully saturated rings. The van der Waals surface area contributed by atoms with Crippen LogP contribution in [0.15, 0.2) is 42.5 Å². The number of carbonyl (C=O) groups excluding carboxylic acids is 1. The van der Waals surface area contributed by atoms with Gasteiger partial charge in [0.1, 0.15) is 11.9 Å². The van der Waals surface area contributed by atoms with Crippen LogP contribution in [0.2, 0.25) is 0 Å². The zero-order valence-corrected chi connectivity index (χ0v) is 15.1. The molecule has 0 radical (unpaired) electrons. The van der Waals surface area contributed by atoms with Gasteiger partial charge in [0, 0.05) is 18.6 Å². The van der Waals surface area contributed by atoms with Gasteiger partial charge in [0.15, 0.2) is 0 Å². The zero-order chi connectivity index (χ0) is 19.7. The van der Waals surface area contributed by atoms with Crippen LogP contribution in [0.5, 0.6) is 5.75 Å². The number of hydrogen-bond donors (Lipinski definition) is 1. The van der Waals surface area contributed by atoms with Crippen LogP contribution in [0.1, 0.15) is 17.5 Å². The maximum absolute atomic E-state index is 13.4. The Bertz CT molecular complexity index is 875. The highest BCUT2D eigenvalue weighted by atomic mass is 19.4. The molecule has 1 saturated heterocycles. The molecule has 2 aromatic rings. The lowest BCUT2D eigenvalue weighted by molar-refractivity contribution is -0.137. The van der Waals surface area contributed by atoms with Crippen molar-refractivity contribution in [3.8, 4) is 16.9 Å². The van der Waals surface area contributed by atoms with E-state index >= 15 is 0 Å². The summed E-state index contributed by atoms with van der Waals surface area (Å²) in [5.41, 5.74) is 0.672. The SMILES string of the molecule is O=C(NCC1Cc2cccc(-c3ccccc3C(F)(F)F)c2O1)C1CCOC1. The van der Waals surface area contributed by atoms with E-state index in [-0.39, 0.29) is 23.5 Å². The molecule has 2 unspecified atom stereocenters. The van der Waals surface area contributed by atoms with E-state index in [1.807, 2.05) is 6.07 Å². The van der Waals surface area contributed by atoms with Gasteiger partial charge in [-0.25, -0.2) is 0 Å². The van der Waals surface area contributed by atoms with Crippen LogP contribution >= 0.6 is 0 Å². The molecular weight excluding hydrogens is 371 g/mol. The van der Waals surface area contributed by atoms with Gasteiger partial charge in [0.25, 0.3) is 0 Å². The number of alkyl halides is 3. The second-order valence-corrected chi connectivity index (χ2v) is 7.09. The van der Waals surface area contributed by atoms with Crippen molar-refractivity contribution in [3.63, 3.8) is 0 Å². The molecular formula is C21H20F3NO3. The van der Waals surface area contributed by atoms with Gasteiger partial charge in [-0.05, 0) is 23.6 Å². The Balaban J connectivity index is 1.53. The molecule has 28 heavy (non-hydrogen) atoms. The average Bonchev–Trinajstić information content (AvgIpc) is 3.34. The van der Waals surface area contributed by atoms with E-state index in [0.29, 0.717) is 43.9 Å². The summed E-state index contributed by atoms with van der Waals surface area (Å²) in [6.07, 6.45) is -3.51. The van der Waals surface area contributed by atoms with Crippen molar-refractivity contribution >= 4 is 5.91 Å². The summed E-state index contributed by atoms with van der Waals surface area (Å²) in [6.45, 7) is 1.33. The van der Waals surface area contributed by atoms with E-state index in [1.165, 1.54) is 12.1 Å². The van der Waals surface area contributed by atoms with Crippen LogP contribution in [0.25, 0.3) is 11.1 Å². The average molecular weight is 391 g/mol. The lowest BCUT2D eigenvalue weighted by Gasteiger charge is -2.17. The summed E-state index contributed by atoms with van der Waals surface area (Å²) in [5.74, 6) is 0.250. The van der Waals surface area contributed by atoms with Gasteiger partial charge in [-0.2, -0.15) is 13.2 Å². The fourth-order valence-electron chi connectivity index (χ4n) is 3.73. The number of fused-ring (bicyclic) bond motifs is 1. The Morgan fingerprint density at radius 3 is 2.64 bits per heavy atom. The van der Waals surface area contributed by atoms with Gasteiger partial charge in [0.05, 0.1) is 24.6 Å². The summed E-state index contributed by atoms with van der Waals surface area (Å²) in [7, 11) is 0. The third kappa shape index (κ3) is 3.71. The van der Waals surface area contributed by atoms with E-state index in [1.54, 1.807) is 18.2 Å². The number of hydrogen-bond acceptors (Lipinski definition) is 3. The quantitative estimate of drug-likeness (QED) is 0.862. The van der Waals surface area contributed by atoms with Gasteiger partial charge in [-0.1, -0.05) is 36.4 Å². The molecule has 4 nitrogen and oxygen atoms in total. The summed E-state index contributed by atoms with van der Waals surface area (Å²) < 4.78 is 51.4. The highest BCUT2D eigenvalue weighted by molar-refractivity contribution is 5.79. The van der Waals surface area contributed by atoms with Crippen LogP contribution in [0.4, 0.5) is 13.2 Å². The molecule has 0 spiro atoms. The molecule has 0 aliphatic carbocycles. The van der Waals surface area contributed by atoms with Gasteiger partial charge in [-0.15, -0.1) is 0 Å². The van der Waals surface area contributed by atoms with E-state index in [4.69, 9.17) is 9.47 Å². The number of benzene rings is 2. The predicted octanol–water partition coefficient (Wildman–Crippen LogP) is 3.83. The van der Waals surface area contributed by atoms with E-state index < -0.39 is 11.7 Å². The number of rotatable bonds is 4. The fraction of sp³-hybridized carbons (Fsp3) is 0.381. The summed E-state index contributed by atoms with van der Waals surface area (Å²) in [6, 6.07) is 10.7. The van der Waals surface area contributed by atoms with E-state index in [0.717, 1.165) is 11.6 Å². The fourth-order valence-corrected chi connectivity index (χ4v) is 3.73. The molecule has 4 rings (SSSR count). The standard InChI is InChI=1S/C21H20F3NO3/c22-21(23,24)18-7-2-1-5-16(18)17-6-3-4-13-10-15(28-19(13)17)11-25-20(26)14-8-9-27-12-14/h1-7,14-15H,8-12H2,(H,25,26). The van der Waals surface area contributed by atoms with E-state index in [2.05, 4.69) is 5.32 Å². The Kier molecular flexibility index (Phi) is 5.02. The Morgan fingerprint density at radius 1 is 1.11 bits per heavy atom. The second-order valence-electron chi connectivity index (χ2n) is 7.09. The third-order valence-corrected chi connectivity index (χ3v) is 5.16. The lowest BCUT2D eigenvalue weighted by atomic mass is 9.96. The Labute approximate surface area is 160 Å². The molecule has 7 heteroatoms. The zero-order valence-electron chi connectivity index (χ0n) is 15.1. The number of carbonyl (C=O) groups is 1. The first-order valence-corrected chi connectivity index (χ1v) is 9.24.